The van der Waals surface area contributed by atoms with E-state index in [1.165, 1.54) is 17.1 Å². The molecule has 1 fully saturated rings. The molecule has 0 saturated carbocycles. The van der Waals surface area contributed by atoms with Gasteiger partial charge in [-0.2, -0.15) is 5.10 Å². The number of nitrogens with two attached hydrogens (primary N) is 1. The van der Waals surface area contributed by atoms with Crippen molar-refractivity contribution in [2.24, 2.45) is 5.10 Å². The number of fused-ring (bicyclic) bond motifs is 2. The SMILES string of the molecule is COc1ccc2nc(/C=N/Nc3nc4c(N)ncnc4n3[C@@H]3O[C@H](CO)[C@@H](O)[C@@H]3O)ccc2c1. The molecule has 3 aromatic heterocycles. The molecule has 6 N–H and O–H groups in total. The number of anilines is 2. The first-order chi connectivity index (χ1) is 16.5. The maximum Gasteiger partial charge on any atom is 0.228 e. The summed E-state index contributed by atoms with van der Waals surface area (Å²) in [6, 6.07) is 9.25. The Kier molecular flexibility index (Phi) is 5.67. The molecular weight excluding hydrogens is 444 g/mol. The molecule has 0 aliphatic carbocycles. The third-order valence-electron chi connectivity index (χ3n) is 5.56. The van der Waals surface area contributed by atoms with Crippen molar-refractivity contribution < 1.29 is 24.8 Å². The number of nitrogens with one attached hydrogen (secondary N) is 1. The number of methoxy groups -OCH3 is 1. The predicted octanol–water partition coefficient (Wildman–Crippen LogP) is 0.0228. The van der Waals surface area contributed by atoms with Gasteiger partial charge in [0.15, 0.2) is 23.2 Å². The van der Waals surface area contributed by atoms with Gasteiger partial charge in [-0.15, -0.1) is 0 Å². The summed E-state index contributed by atoms with van der Waals surface area (Å²) in [6.07, 6.45) is -1.98. The molecule has 4 heterocycles. The zero-order valence-corrected chi connectivity index (χ0v) is 18.0. The molecule has 1 aliphatic heterocycles. The molecule has 0 bridgehead atoms. The molecule has 13 heteroatoms. The van der Waals surface area contributed by atoms with Gasteiger partial charge < -0.3 is 30.5 Å². The fourth-order valence-electron chi connectivity index (χ4n) is 3.81. The number of ether oxygens (including phenoxy) is 2. The van der Waals surface area contributed by atoms with Crippen molar-refractivity contribution in [2.75, 3.05) is 24.9 Å². The van der Waals surface area contributed by atoms with E-state index in [0.29, 0.717) is 5.69 Å². The number of nitrogen functional groups attached to an aromatic ring is 1. The smallest absolute Gasteiger partial charge is 0.228 e. The number of nitrogens with zero attached hydrogens (tertiary/aromatic N) is 6. The van der Waals surface area contributed by atoms with Crippen LogP contribution in [0.4, 0.5) is 11.8 Å². The number of aliphatic hydroxyl groups excluding tert-OH is 3. The molecule has 4 atom stereocenters. The summed E-state index contributed by atoms with van der Waals surface area (Å²) in [5, 5.41) is 35.3. The molecule has 34 heavy (non-hydrogen) atoms. The molecule has 13 nitrogen and oxygen atoms in total. The summed E-state index contributed by atoms with van der Waals surface area (Å²) < 4.78 is 12.3. The largest absolute Gasteiger partial charge is 0.497 e. The Hall–Kier alpha value is -3.91. The highest BCUT2D eigenvalue weighted by atomic mass is 16.6. The molecule has 1 saturated heterocycles. The maximum absolute atomic E-state index is 10.5. The number of imidazole rings is 1. The Morgan fingerprint density at radius 3 is 2.82 bits per heavy atom. The van der Waals surface area contributed by atoms with Gasteiger partial charge in [0, 0.05) is 5.39 Å². The summed E-state index contributed by atoms with van der Waals surface area (Å²) in [5.74, 6) is 0.997. The van der Waals surface area contributed by atoms with Crippen LogP contribution in [0.2, 0.25) is 0 Å². The predicted molar refractivity (Wildman–Crippen MR) is 122 cm³/mol. The van der Waals surface area contributed by atoms with Crippen LogP contribution in [0.1, 0.15) is 11.9 Å². The number of aromatic nitrogens is 5. The maximum atomic E-state index is 10.5. The molecule has 0 radical (unpaired) electrons. The molecule has 1 aromatic carbocycles. The minimum absolute atomic E-state index is 0.120. The van der Waals surface area contributed by atoms with Crippen LogP contribution >= 0.6 is 0 Å². The van der Waals surface area contributed by atoms with E-state index in [1.54, 1.807) is 13.2 Å². The van der Waals surface area contributed by atoms with E-state index >= 15 is 0 Å². The Bertz CT molecular complexity index is 1380. The minimum Gasteiger partial charge on any atom is -0.497 e. The van der Waals surface area contributed by atoms with E-state index in [2.05, 4.69) is 30.5 Å². The zero-order valence-electron chi connectivity index (χ0n) is 18.0. The van der Waals surface area contributed by atoms with Crippen molar-refractivity contribution in [3.05, 3.63) is 42.4 Å². The van der Waals surface area contributed by atoms with Gasteiger partial charge in [-0.1, -0.05) is 6.07 Å². The number of pyridine rings is 1. The second-order valence-electron chi connectivity index (χ2n) is 7.63. The highest BCUT2D eigenvalue weighted by molar-refractivity contribution is 5.87. The fraction of sp³-hybridized carbons (Fsp3) is 0.286. The van der Waals surface area contributed by atoms with Crippen molar-refractivity contribution in [1.82, 2.24) is 24.5 Å². The highest BCUT2D eigenvalue weighted by Gasteiger charge is 2.45. The average Bonchev–Trinajstić information content (AvgIpc) is 3.36. The van der Waals surface area contributed by atoms with E-state index in [4.69, 9.17) is 15.2 Å². The van der Waals surface area contributed by atoms with Gasteiger partial charge in [-0.25, -0.2) is 25.4 Å². The first kappa shape index (κ1) is 21.9. The Balaban J connectivity index is 1.47. The van der Waals surface area contributed by atoms with E-state index in [9.17, 15) is 15.3 Å². The topological polar surface area (TPSA) is 186 Å². The van der Waals surface area contributed by atoms with E-state index in [-0.39, 0.29) is 22.9 Å². The number of aliphatic hydroxyl groups is 3. The second kappa shape index (κ2) is 8.79. The minimum atomic E-state index is -1.35. The molecule has 1 aliphatic rings. The van der Waals surface area contributed by atoms with Crippen molar-refractivity contribution in [2.45, 2.75) is 24.5 Å². The molecule has 0 amide bonds. The summed E-state index contributed by atoms with van der Waals surface area (Å²) in [7, 11) is 1.61. The Morgan fingerprint density at radius 1 is 1.21 bits per heavy atom. The zero-order chi connectivity index (χ0) is 23.8. The number of benzene rings is 1. The van der Waals surface area contributed by atoms with Crippen LogP contribution < -0.4 is 15.9 Å². The molecular formula is C21H22N8O5. The van der Waals surface area contributed by atoms with Gasteiger partial charge in [-0.3, -0.25) is 4.57 Å². The van der Waals surface area contributed by atoms with Crippen LogP contribution in [0.15, 0.2) is 41.8 Å². The van der Waals surface area contributed by atoms with Gasteiger partial charge in [0.1, 0.15) is 30.4 Å². The lowest BCUT2D eigenvalue weighted by molar-refractivity contribution is -0.0501. The van der Waals surface area contributed by atoms with Crippen LogP contribution in [-0.2, 0) is 4.74 Å². The Morgan fingerprint density at radius 2 is 2.06 bits per heavy atom. The summed E-state index contributed by atoms with van der Waals surface area (Å²) in [4.78, 5) is 17.1. The van der Waals surface area contributed by atoms with Gasteiger partial charge in [0.05, 0.1) is 31.1 Å². The number of hydrogen-bond acceptors (Lipinski definition) is 12. The third-order valence-corrected chi connectivity index (χ3v) is 5.56. The number of hydrogen-bond donors (Lipinski definition) is 5. The highest BCUT2D eigenvalue weighted by Crippen LogP contribution is 2.35. The third kappa shape index (κ3) is 3.76. The molecule has 4 aromatic rings. The first-order valence-electron chi connectivity index (χ1n) is 10.3. The van der Waals surface area contributed by atoms with Crippen molar-refractivity contribution >= 4 is 40.0 Å². The average molecular weight is 466 g/mol. The van der Waals surface area contributed by atoms with Gasteiger partial charge >= 0.3 is 0 Å². The van der Waals surface area contributed by atoms with E-state index in [1.807, 2.05) is 24.3 Å². The van der Waals surface area contributed by atoms with Crippen molar-refractivity contribution in [3.8, 4) is 5.75 Å². The fourth-order valence-corrected chi connectivity index (χ4v) is 3.81. The quantitative estimate of drug-likeness (QED) is 0.190. The lowest BCUT2D eigenvalue weighted by Crippen LogP contribution is -2.33. The second-order valence-corrected chi connectivity index (χ2v) is 7.63. The van der Waals surface area contributed by atoms with Crippen molar-refractivity contribution in [3.63, 3.8) is 0 Å². The van der Waals surface area contributed by atoms with Crippen LogP contribution in [0.3, 0.4) is 0 Å². The van der Waals surface area contributed by atoms with Crippen LogP contribution in [0, 0.1) is 0 Å². The summed E-state index contributed by atoms with van der Waals surface area (Å²) >= 11 is 0. The Labute approximate surface area is 192 Å². The van der Waals surface area contributed by atoms with Gasteiger partial charge in [0.25, 0.3) is 0 Å². The van der Waals surface area contributed by atoms with Gasteiger partial charge in [0.2, 0.25) is 5.95 Å². The van der Waals surface area contributed by atoms with Crippen molar-refractivity contribution in [1.29, 1.82) is 0 Å². The molecule has 0 unspecified atom stereocenters. The summed E-state index contributed by atoms with van der Waals surface area (Å²) in [6.45, 7) is -0.473. The monoisotopic (exact) mass is 466 g/mol. The standard InChI is InChI=1S/C21H22N8O5/c1-33-12-4-5-13-10(6-12)2-3-11(26-13)7-25-28-21-27-15-18(22)23-9-24-19(15)29(21)20-17(32)16(31)14(8-30)34-20/h2-7,9,14,16-17,20,30-32H,8H2,1H3,(H,27,28)(H2,22,23,24)/b25-7+/t14-,16-,17+,20-/m1/s1. The first-order valence-corrected chi connectivity index (χ1v) is 10.3. The lowest BCUT2D eigenvalue weighted by Gasteiger charge is -2.18. The molecule has 176 valence electrons. The number of rotatable bonds is 6. The van der Waals surface area contributed by atoms with Crippen LogP contribution in [-0.4, -0.2) is 78.1 Å². The van der Waals surface area contributed by atoms with Crippen LogP contribution in [0.25, 0.3) is 22.1 Å². The molecule has 5 rings (SSSR count). The normalized spacial score (nSPS) is 22.7. The van der Waals surface area contributed by atoms with E-state index < -0.39 is 31.1 Å². The van der Waals surface area contributed by atoms with Crippen LogP contribution in [0.5, 0.6) is 5.75 Å². The molecule has 0 spiro atoms. The number of hydrazone groups is 1. The van der Waals surface area contributed by atoms with E-state index in [0.717, 1.165) is 16.7 Å². The van der Waals surface area contributed by atoms with Gasteiger partial charge in [-0.05, 0) is 24.3 Å². The lowest BCUT2D eigenvalue weighted by atomic mass is 10.1. The summed E-state index contributed by atoms with van der Waals surface area (Å²) in [5.41, 5.74) is 10.6.